The molecule has 3 heterocycles. The lowest BCUT2D eigenvalue weighted by Crippen LogP contribution is -2.67. The van der Waals surface area contributed by atoms with Gasteiger partial charge < -0.3 is 4.74 Å². The summed E-state index contributed by atoms with van der Waals surface area (Å²) in [7, 11) is 0. The summed E-state index contributed by atoms with van der Waals surface area (Å²) in [5.41, 5.74) is 0.830. The van der Waals surface area contributed by atoms with Crippen LogP contribution in [-0.4, -0.2) is 21.6 Å². The molecule has 4 nitrogen and oxygen atoms in total. The van der Waals surface area contributed by atoms with E-state index in [9.17, 15) is 9.18 Å². The van der Waals surface area contributed by atoms with Crippen LogP contribution in [0.2, 0.25) is 0 Å². The van der Waals surface area contributed by atoms with Gasteiger partial charge in [0.15, 0.2) is 10.8 Å². The third-order valence-corrected chi connectivity index (χ3v) is 6.63. The molecule has 7 heteroatoms. The molecule has 2 aromatic carbocycles. The molecule has 0 saturated carbocycles. The summed E-state index contributed by atoms with van der Waals surface area (Å²) in [5.74, 6) is 0.256. The Morgan fingerprint density at radius 1 is 1.17 bits per heavy atom. The molecular formula is C22H17FN2O2S2. The minimum atomic E-state index is -0.792. The van der Waals surface area contributed by atoms with Gasteiger partial charge >= 0.3 is 0 Å². The van der Waals surface area contributed by atoms with E-state index in [1.165, 1.54) is 23.5 Å². The molecule has 0 spiro atoms. The van der Waals surface area contributed by atoms with Crippen molar-refractivity contribution in [1.29, 1.82) is 0 Å². The minimum absolute atomic E-state index is 0.138. The van der Waals surface area contributed by atoms with Gasteiger partial charge in [0.05, 0.1) is 10.9 Å². The lowest BCUT2D eigenvalue weighted by Gasteiger charge is -2.55. The number of benzene rings is 2. The lowest BCUT2D eigenvalue weighted by molar-refractivity contribution is 0.0185. The first-order valence-electron chi connectivity index (χ1n) is 9.23. The molecule has 2 aliphatic rings. The Labute approximate surface area is 177 Å². The van der Waals surface area contributed by atoms with Crippen molar-refractivity contribution >= 4 is 40.3 Å². The first-order valence-corrected chi connectivity index (χ1v) is 10.5. The number of amides is 1. The fourth-order valence-corrected chi connectivity index (χ4v) is 5.30. The van der Waals surface area contributed by atoms with Crippen LogP contribution in [0.5, 0.6) is 5.75 Å². The van der Waals surface area contributed by atoms with Gasteiger partial charge in [-0.05, 0) is 60.9 Å². The molecule has 1 aromatic heterocycles. The van der Waals surface area contributed by atoms with E-state index in [2.05, 4.69) is 0 Å². The Morgan fingerprint density at radius 3 is 2.66 bits per heavy atom. The number of anilines is 1. The molecule has 0 aliphatic carbocycles. The van der Waals surface area contributed by atoms with E-state index in [4.69, 9.17) is 17.0 Å². The average Bonchev–Trinajstić information content (AvgIpc) is 3.24. The van der Waals surface area contributed by atoms with Gasteiger partial charge in [0, 0.05) is 17.7 Å². The van der Waals surface area contributed by atoms with Crippen LogP contribution in [0.15, 0.2) is 66.0 Å². The SMILES string of the molecule is CC12CC(c3ccccc3O1)N(C(=O)c1cccs1)C(=S)N2c1ccc(F)cc1. The van der Waals surface area contributed by atoms with Gasteiger partial charge in [-0.25, -0.2) is 4.39 Å². The van der Waals surface area contributed by atoms with Crippen molar-refractivity contribution in [3.63, 3.8) is 0 Å². The number of hydrogen-bond acceptors (Lipinski definition) is 4. The Balaban J connectivity index is 1.68. The maximum Gasteiger partial charge on any atom is 0.270 e. The van der Waals surface area contributed by atoms with Crippen molar-refractivity contribution < 1.29 is 13.9 Å². The van der Waals surface area contributed by atoms with Crippen molar-refractivity contribution in [3.05, 3.63) is 82.3 Å². The second-order valence-corrected chi connectivity index (χ2v) is 8.59. The predicted molar refractivity (Wildman–Crippen MR) is 115 cm³/mol. The zero-order chi connectivity index (χ0) is 20.2. The van der Waals surface area contributed by atoms with Gasteiger partial charge in [-0.2, -0.15) is 0 Å². The number of halogens is 1. The van der Waals surface area contributed by atoms with E-state index in [1.807, 2.05) is 47.5 Å². The third kappa shape index (κ3) is 2.84. The monoisotopic (exact) mass is 424 g/mol. The highest BCUT2D eigenvalue weighted by molar-refractivity contribution is 7.80. The van der Waals surface area contributed by atoms with Gasteiger partial charge in [-0.3, -0.25) is 14.6 Å². The van der Waals surface area contributed by atoms with E-state index < -0.39 is 5.72 Å². The molecule has 2 unspecified atom stereocenters. The van der Waals surface area contributed by atoms with E-state index >= 15 is 0 Å². The van der Waals surface area contributed by atoms with E-state index in [0.717, 1.165) is 11.3 Å². The molecular weight excluding hydrogens is 407 g/mol. The molecule has 1 fully saturated rings. The van der Waals surface area contributed by atoms with E-state index in [1.54, 1.807) is 23.1 Å². The third-order valence-electron chi connectivity index (χ3n) is 5.40. The molecule has 2 atom stereocenters. The standard InChI is InChI=1S/C22H17FN2O2S2/c1-22-13-17(16-5-2-3-6-18(16)27-22)24(20(26)19-7-4-12-29-19)21(28)25(22)15-10-8-14(23)9-11-15/h2-12,17H,13H2,1H3. The predicted octanol–water partition coefficient (Wildman–Crippen LogP) is 5.37. The van der Waals surface area contributed by atoms with E-state index in [-0.39, 0.29) is 17.8 Å². The summed E-state index contributed by atoms with van der Waals surface area (Å²) in [5, 5.41) is 2.23. The highest BCUT2D eigenvalue weighted by atomic mass is 32.1. The van der Waals surface area contributed by atoms with Crippen LogP contribution in [0, 0.1) is 5.82 Å². The second kappa shape index (κ2) is 6.64. The van der Waals surface area contributed by atoms with Crippen molar-refractivity contribution in [1.82, 2.24) is 4.90 Å². The number of carbonyl (C=O) groups excluding carboxylic acids is 1. The first kappa shape index (κ1) is 18.3. The molecule has 2 bridgehead atoms. The number of rotatable bonds is 2. The molecule has 2 aliphatic heterocycles. The molecule has 29 heavy (non-hydrogen) atoms. The summed E-state index contributed by atoms with van der Waals surface area (Å²) in [6.45, 7) is 1.96. The number of ether oxygens (including phenoxy) is 1. The molecule has 3 aromatic rings. The van der Waals surface area contributed by atoms with Crippen molar-refractivity contribution in [2.24, 2.45) is 0 Å². The van der Waals surface area contributed by atoms with Gasteiger partial charge in [0.1, 0.15) is 11.6 Å². The minimum Gasteiger partial charge on any atom is -0.467 e. The fourth-order valence-electron chi connectivity index (χ4n) is 4.13. The first-order chi connectivity index (χ1) is 14.0. The Bertz CT molecular complexity index is 1100. The molecule has 146 valence electrons. The largest absolute Gasteiger partial charge is 0.467 e. The number of thiophene rings is 1. The van der Waals surface area contributed by atoms with E-state index in [0.29, 0.717) is 22.1 Å². The van der Waals surface area contributed by atoms with Gasteiger partial charge in [-0.1, -0.05) is 24.3 Å². The molecule has 1 saturated heterocycles. The number of carbonyl (C=O) groups is 1. The maximum atomic E-state index is 13.5. The highest BCUT2D eigenvalue weighted by Crippen LogP contribution is 2.49. The Hall–Kier alpha value is -2.77. The zero-order valence-corrected chi connectivity index (χ0v) is 17.2. The van der Waals surface area contributed by atoms with Crippen LogP contribution in [0.4, 0.5) is 10.1 Å². The quantitative estimate of drug-likeness (QED) is 0.518. The normalized spacial score (nSPS) is 22.8. The fraction of sp³-hybridized carbons (Fsp3) is 0.182. The van der Waals surface area contributed by atoms with Crippen LogP contribution < -0.4 is 9.64 Å². The number of fused-ring (bicyclic) bond motifs is 4. The topological polar surface area (TPSA) is 32.8 Å². The van der Waals surface area contributed by atoms with Crippen LogP contribution in [0.3, 0.4) is 0 Å². The summed E-state index contributed by atoms with van der Waals surface area (Å²) in [6.07, 6.45) is 0.540. The van der Waals surface area contributed by atoms with Gasteiger partial charge in [-0.15, -0.1) is 11.3 Å². The van der Waals surface area contributed by atoms with Gasteiger partial charge in [0.2, 0.25) is 0 Å². The highest BCUT2D eigenvalue weighted by Gasteiger charge is 2.53. The Morgan fingerprint density at radius 2 is 1.93 bits per heavy atom. The van der Waals surface area contributed by atoms with Crippen LogP contribution >= 0.6 is 23.6 Å². The van der Waals surface area contributed by atoms with Crippen LogP contribution in [0.25, 0.3) is 0 Å². The number of nitrogens with zero attached hydrogens (tertiary/aromatic N) is 2. The number of thiocarbonyl (C=S) groups is 1. The van der Waals surface area contributed by atoms with Crippen LogP contribution in [-0.2, 0) is 0 Å². The molecule has 1 amide bonds. The average molecular weight is 425 g/mol. The molecule has 5 rings (SSSR count). The van der Waals surface area contributed by atoms with Crippen molar-refractivity contribution in [2.75, 3.05) is 4.90 Å². The second-order valence-electron chi connectivity index (χ2n) is 7.28. The number of hydrogen-bond donors (Lipinski definition) is 0. The molecule has 0 radical (unpaired) electrons. The summed E-state index contributed by atoms with van der Waals surface area (Å²) in [4.78, 5) is 17.6. The Kier molecular flexibility index (Phi) is 4.18. The summed E-state index contributed by atoms with van der Waals surface area (Å²) < 4.78 is 19.9. The van der Waals surface area contributed by atoms with Gasteiger partial charge in [0.25, 0.3) is 5.91 Å². The molecule has 0 N–H and O–H groups in total. The van der Waals surface area contributed by atoms with Crippen molar-refractivity contribution in [2.45, 2.75) is 25.1 Å². The lowest BCUT2D eigenvalue weighted by atomic mass is 9.88. The zero-order valence-electron chi connectivity index (χ0n) is 15.5. The maximum absolute atomic E-state index is 13.5. The van der Waals surface area contributed by atoms with Crippen molar-refractivity contribution in [3.8, 4) is 5.75 Å². The van der Waals surface area contributed by atoms with Crippen LogP contribution in [0.1, 0.15) is 34.6 Å². The summed E-state index contributed by atoms with van der Waals surface area (Å²) in [6, 6.07) is 17.2. The smallest absolute Gasteiger partial charge is 0.270 e. The number of para-hydroxylation sites is 1. The summed E-state index contributed by atoms with van der Waals surface area (Å²) >= 11 is 7.22.